The third kappa shape index (κ3) is 3.08. The van der Waals surface area contributed by atoms with Crippen LogP contribution in [0.3, 0.4) is 0 Å². The van der Waals surface area contributed by atoms with Gasteiger partial charge >= 0.3 is 0 Å². The molecular weight excluding hydrogens is 322 g/mol. The third-order valence-corrected chi connectivity index (χ3v) is 7.85. The van der Waals surface area contributed by atoms with Crippen LogP contribution in [0.5, 0.6) is 0 Å². The maximum Gasteiger partial charge on any atom is 0.250 e. The minimum absolute atomic E-state index is 0.0145. The van der Waals surface area contributed by atoms with Crippen molar-refractivity contribution in [2.45, 2.75) is 42.2 Å². The standard InChI is InChI=1S/C15H19NO2S3/c1-12-4-5-14(20-12)21(17,18)16-11-15(7-2-3-8-15)13-6-9-19-10-13/h4-6,9-10,16H,2-3,7-8,11H2,1H3. The van der Waals surface area contributed by atoms with E-state index in [0.717, 1.165) is 17.7 Å². The predicted octanol–water partition coefficient (Wildman–Crippen LogP) is 3.91. The molecule has 0 spiro atoms. The molecule has 1 saturated carbocycles. The zero-order chi connectivity index (χ0) is 14.9. The summed E-state index contributed by atoms with van der Waals surface area (Å²) in [4.78, 5) is 1.02. The Bertz CT molecular complexity index is 695. The summed E-state index contributed by atoms with van der Waals surface area (Å²) < 4.78 is 28.1. The normalized spacial score (nSPS) is 18.1. The smallest absolute Gasteiger partial charge is 0.210 e. The first kappa shape index (κ1) is 15.2. The van der Waals surface area contributed by atoms with E-state index in [-0.39, 0.29) is 5.41 Å². The Morgan fingerprint density at radius 1 is 1.24 bits per heavy atom. The van der Waals surface area contributed by atoms with Crippen LogP contribution < -0.4 is 4.72 Å². The van der Waals surface area contributed by atoms with Crippen LogP contribution in [-0.4, -0.2) is 15.0 Å². The zero-order valence-electron chi connectivity index (χ0n) is 12.0. The fraction of sp³-hybridized carbons (Fsp3) is 0.467. The van der Waals surface area contributed by atoms with E-state index in [2.05, 4.69) is 21.5 Å². The molecule has 3 nitrogen and oxygen atoms in total. The zero-order valence-corrected chi connectivity index (χ0v) is 14.4. The van der Waals surface area contributed by atoms with Gasteiger partial charge in [0.1, 0.15) is 4.21 Å². The van der Waals surface area contributed by atoms with Crippen LogP contribution in [0.15, 0.2) is 33.2 Å². The Balaban J connectivity index is 1.79. The molecule has 6 heteroatoms. The van der Waals surface area contributed by atoms with E-state index in [0.29, 0.717) is 10.8 Å². The van der Waals surface area contributed by atoms with Crippen molar-refractivity contribution in [2.75, 3.05) is 6.54 Å². The van der Waals surface area contributed by atoms with E-state index < -0.39 is 10.0 Å². The van der Waals surface area contributed by atoms with Crippen LogP contribution >= 0.6 is 22.7 Å². The molecule has 1 fully saturated rings. The SMILES string of the molecule is Cc1ccc(S(=O)(=O)NCC2(c3ccsc3)CCCC2)s1. The molecule has 114 valence electrons. The van der Waals surface area contributed by atoms with E-state index in [1.807, 2.05) is 13.0 Å². The van der Waals surface area contributed by atoms with Gasteiger partial charge in [-0.3, -0.25) is 0 Å². The summed E-state index contributed by atoms with van der Waals surface area (Å²) in [6, 6.07) is 5.68. The number of sulfonamides is 1. The second-order valence-electron chi connectivity index (χ2n) is 5.69. The minimum Gasteiger partial charge on any atom is -0.210 e. The largest absolute Gasteiger partial charge is 0.250 e. The predicted molar refractivity (Wildman–Crippen MR) is 88.7 cm³/mol. The van der Waals surface area contributed by atoms with Crippen molar-refractivity contribution >= 4 is 32.7 Å². The van der Waals surface area contributed by atoms with Crippen LogP contribution in [0.4, 0.5) is 0 Å². The van der Waals surface area contributed by atoms with Crippen LogP contribution in [0.25, 0.3) is 0 Å². The lowest BCUT2D eigenvalue weighted by molar-refractivity contribution is 0.434. The van der Waals surface area contributed by atoms with Gasteiger partial charge in [-0.15, -0.1) is 11.3 Å². The second-order valence-corrected chi connectivity index (χ2v) is 9.75. The van der Waals surface area contributed by atoms with Gasteiger partial charge in [-0.1, -0.05) is 12.8 Å². The lowest BCUT2D eigenvalue weighted by Crippen LogP contribution is -2.38. The fourth-order valence-corrected chi connectivity index (χ4v) is 6.28. The molecule has 2 aromatic heterocycles. The van der Waals surface area contributed by atoms with Crippen molar-refractivity contribution in [3.63, 3.8) is 0 Å². The molecule has 1 aliphatic rings. The number of hydrogen-bond acceptors (Lipinski definition) is 4. The first-order valence-corrected chi connectivity index (χ1v) is 10.3. The summed E-state index contributed by atoms with van der Waals surface area (Å²) in [6.07, 6.45) is 4.48. The molecule has 0 atom stereocenters. The highest BCUT2D eigenvalue weighted by molar-refractivity contribution is 7.91. The third-order valence-electron chi connectivity index (χ3n) is 4.28. The number of rotatable bonds is 5. The van der Waals surface area contributed by atoms with Crippen LogP contribution in [-0.2, 0) is 15.4 Å². The minimum atomic E-state index is -3.38. The Hall–Kier alpha value is -0.690. The molecule has 0 bridgehead atoms. The average molecular weight is 342 g/mol. The molecule has 0 amide bonds. The van der Waals surface area contributed by atoms with Gasteiger partial charge in [-0.25, -0.2) is 13.1 Å². The van der Waals surface area contributed by atoms with E-state index in [1.54, 1.807) is 17.4 Å². The summed E-state index contributed by atoms with van der Waals surface area (Å²) in [5.41, 5.74) is 1.27. The molecule has 21 heavy (non-hydrogen) atoms. The van der Waals surface area contributed by atoms with Gasteiger partial charge in [0.2, 0.25) is 10.0 Å². The fourth-order valence-electron chi connectivity index (χ4n) is 3.05. The van der Waals surface area contributed by atoms with Gasteiger partial charge in [0, 0.05) is 16.8 Å². The molecule has 3 rings (SSSR count). The van der Waals surface area contributed by atoms with Gasteiger partial charge in [-0.05, 0) is 54.3 Å². The monoisotopic (exact) mass is 341 g/mol. The molecule has 0 unspecified atom stereocenters. The van der Waals surface area contributed by atoms with Crippen molar-refractivity contribution < 1.29 is 8.42 Å². The first-order valence-electron chi connectivity index (χ1n) is 7.11. The molecule has 1 N–H and O–H groups in total. The molecule has 1 aliphatic carbocycles. The molecule has 0 radical (unpaired) electrons. The maximum atomic E-state index is 12.4. The second kappa shape index (κ2) is 5.83. The van der Waals surface area contributed by atoms with Crippen LogP contribution in [0, 0.1) is 6.92 Å². The van der Waals surface area contributed by atoms with Crippen molar-refractivity contribution in [3.8, 4) is 0 Å². The highest BCUT2D eigenvalue weighted by Gasteiger charge is 2.37. The summed E-state index contributed by atoms with van der Waals surface area (Å²) in [5.74, 6) is 0. The van der Waals surface area contributed by atoms with Gasteiger partial charge in [-0.2, -0.15) is 11.3 Å². The van der Waals surface area contributed by atoms with E-state index in [4.69, 9.17) is 0 Å². The Labute approximate surface area is 134 Å². The number of nitrogens with one attached hydrogen (secondary N) is 1. The van der Waals surface area contributed by atoms with Crippen molar-refractivity contribution in [1.29, 1.82) is 0 Å². The summed E-state index contributed by atoms with van der Waals surface area (Å²) in [5, 5.41) is 4.24. The van der Waals surface area contributed by atoms with Gasteiger partial charge in [0.25, 0.3) is 0 Å². The van der Waals surface area contributed by atoms with E-state index in [1.165, 1.54) is 29.7 Å². The van der Waals surface area contributed by atoms with Crippen LogP contribution in [0.2, 0.25) is 0 Å². The highest BCUT2D eigenvalue weighted by Crippen LogP contribution is 2.41. The molecule has 2 heterocycles. The van der Waals surface area contributed by atoms with Crippen molar-refractivity contribution in [1.82, 2.24) is 4.72 Å². The van der Waals surface area contributed by atoms with Gasteiger partial charge in [0.05, 0.1) is 0 Å². The molecule has 0 aromatic carbocycles. The quantitative estimate of drug-likeness (QED) is 0.896. The van der Waals surface area contributed by atoms with Crippen molar-refractivity contribution in [2.24, 2.45) is 0 Å². The Kier molecular flexibility index (Phi) is 4.23. The summed E-state index contributed by atoms with van der Waals surface area (Å²) >= 11 is 3.01. The van der Waals surface area contributed by atoms with Crippen LogP contribution in [0.1, 0.15) is 36.1 Å². The Morgan fingerprint density at radius 3 is 2.57 bits per heavy atom. The molecule has 0 aliphatic heterocycles. The number of hydrogen-bond donors (Lipinski definition) is 1. The van der Waals surface area contributed by atoms with Crippen molar-refractivity contribution in [3.05, 3.63) is 39.4 Å². The molecule has 2 aromatic rings. The molecular formula is C15H19NO2S3. The van der Waals surface area contributed by atoms with E-state index in [9.17, 15) is 8.42 Å². The lowest BCUT2D eigenvalue weighted by Gasteiger charge is -2.28. The average Bonchev–Trinajstić information content (AvgIpc) is 3.18. The van der Waals surface area contributed by atoms with Gasteiger partial charge in [0.15, 0.2) is 0 Å². The number of thiophene rings is 2. The summed E-state index contributed by atoms with van der Waals surface area (Å²) in [6.45, 7) is 2.43. The highest BCUT2D eigenvalue weighted by atomic mass is 32.2. The van der Waals surface area contributed by atoms with Gasteiger partial charge < -0.3 is 0 Å². The summed E-state index contributed by atoms with van der Waals surface area (Å²) in [7, 11) is -3.38. The first-order chi connectivity index (χ1) is 10.0. The lowest BCUT2D eigenvalue weighted by atomic mass is 9.81. The number of aryl methyl sites for hydroxylation is 1. The maximum absolute atomic E-state index is 12.4. The Morgan fingerprint density at radius 2 is 2.00 bits per heavy atom. The molecule has 0 saturated heterocycles. The topological polar surface area (TPSA) is 46.2 Å². The van der Waals surface area contributed by atoms with E-state index >= 15 is 0 Å².